The van der Waals surface area contributed by atoms with Gasteiger partial charge >= 0.3 is 48.8 Å². The smallest absolute Gasteiger partial charge is 0.741 e. The maximum absolute atomic E-state index is 10.7. The molecule has 15 heteroatoms. The second-order valence-corrected chi connectivity index (χ2v) is 4.54. The Balaban J connectivity index is -0.000000218. The normalized spacial score (nSPS) is 13.2. The van der Waals surface area contributed by atoms with Gasteiger partial charge in [-0.05, 0) is 0 Å². The van der Waals surface area contributed by atoms with E-state index in [9.17, 15) is 26.3 Å². The van der Waals surface area contributed by atoms with Gasteiger partial charge in [0.25, 0.3) is 0 Å². The van der Waals surface area contributed by atoms with Crippen molar-refractivity contribution in [2.75, 3.05) is 0 Å². The van der Waals surface area contributed by atoms with Crippen LogP contribution in [0.15, 0.2) is 0 Å². The Kier molecular flexibility index (Phi) is 9.01. The molecule has 0 aliphatic carbocycles. The van der Waals surface area contributed by atoms with Gasteiger partial charge in [0.1, 0.15) is 0 Å². The van der Waals surface area contributed by atoms with Crippen LogP contribution in [0.1, 0.15) is 0 Å². The van der Waals surface area contributed by atoms with Crippen LogP contribution in [-0.4, -0.2) is 74.7 Å². The van der Waals surface area contributed by atoms with Crippen molar-refractivity contribution in [2.24, 2.45) is 0 Å². The molecule has 0 aromatic carbocycles. The summed E-state index contributed by atoms with van der Waals surface area (Å²) in [5.74, 6) is 0. The summed E-state index contributed by atoms with van der Waals surface area (Å²) in [6, 6.07) is 0. The van der Waals surface area contributed by atoms with Gasteiger partial charge in [-0.25, -0.2) is 16.8 Å². The van der Waals surface area contributed by atoms with Gasteiger partial charge in [0, 0.05) is 0 Å². The molecule has 0 heterocycles. The SMILES string of the molecule is O=S(=O)([O-])C(F)(F)F.O=S(=O)([O-])C(F)(F)F.[Ca+2]. The third-order valence-corrected chi connectivity index (χ3v) is 1.70. The summed E-state index contributed by atoms with van der Waals surface area (Å²) in [6.07, 6.45) is 0. The second kappa shape index (κ2) is 6.72. The van der Waals surface area contributed by atoms with Crippen LogP contribution in [0.25, 0.3) is 0 Å². The van der Waals surface area contributed by atoms with Crippen LogP contribution in [0, 0.1) is 0 Å². The molecule has 0 rings (SSSR count). The van der Waals surface area contributed by atoms with E-state index in [4.69, 9.17) is 25.9 Å². The predicted molar refractivity (Wildman–Crippen MR) is 37.3 cm³/mol. The molecule has 0 bridgehead atoms. The van der Waals surface area contributed by atoms with Crippen molar-refractivity contribution < 1.29 is 52.3 Å². The molecule has 0 atom stereocenters. The van der Waals surface area contributed by atoms with Crippen LogP contribution in [0.2, 0.25) is 0 Å². The summed E-state index contributed by atoms with van der Waals surface area (Å²) >= 11 is 0. The molecule has 100 valence electrons. The van der Waals surface area contributed by atoms with Crippen LogP contribution in [0.4, 0.5) is 26.3 Å². The quantitative estimate of drug-likeness (QED) is 0.260. The maximum atomic E-state index is 10.7. The molecular weight excluding hydrogens is 338 g/mol. The number of halogens is 6. The van der Waals surface area contributed by atoms with Crippen LogP contribution < -0.4 is 0 Å². The Morgan fingerprint density at radius 1 is 0.647 bits per heavy atom. The topological polar surface area (TPSA) is 114 Å². The molecular formula is C2CaF6O6S2. The molecule has 0 unspecified atom stereocenters. The van der Waals surface area contributed by atoms with Crippen LogP contribution >= 0.6 is 0 Å². The first-order chi connectivity index (χ1) is 6.50. The van der Waals surface area contributed by atoms with Gasteiger partial charge in [0.15, 0.2) is 20.2 Å². The summed E-state index contributed by atoms with van der Waals surface area (Å²) in [4.78, 5) is 0. The molecule has 6 nitrogen and oxygen atoms in total. The fourth-order valence-electron chi connectivity index (χ4n) is 0. The van der Waals surface area contributed by atoms with Crippen molar-refractivity contribution in [3.8, 4) is 0 Å². The molecule has 0 aliphatic rings. The number of alkyl halides is 6. The molecule has 17 heavy (non-hydrogen) atoms. The van der Waals surface area contributed by atoms with Crippen molar-refractivity contribution in [3.05, 3.63) is 0 Å². The minimum atomic E-state index is -6.09. The van der Waals surface area contributed by atoms with Crippen LogP contribution in [-0.2, 0) is 20.2 Å². The van der Waals surface area contributed by atoms with Crippen molar-refractivity contribution in [1.82, 2.24) is 0 Å². The van der Waals surface area contributed by atoms with E-state index in [1.54, 1.807) is 0 Å². The Bertz CT molecular complexity index is 374. The molecule has 0 spiro atoms. The largest absolute Gasteiger partial charge is 2.00 e. The Morgan fingerprint density at radius 3 is 0.706 bits per heavy atom. The van der Waals surface area contributed by atoms with E-state index in [1.165, 1.54) is 0 Å². The minimum absolute atomic E-state index is 0. The first-order valence-corrected chi connectivity index (χ1v) is 5.36. The molecule has 0 fully saturated rings. The molecule has 0 amide bonds. The maximum Gasteiger partial charge on any atom is 2.00 e. The Morgan fingerprint density at radius 2 is 0.706 bits per heavy atom. The summed E-state index contributed by atoms with van der Waals surface area (Å²) in [5.41, 5.74) is -11.3. The van der Waals surface area contributed by atoms with Crippen molar-refractivity contribution >= 4 is 58.0 Å². The third-order valence-electron chi connectivity index (χ3n) is 0.567. The average Bonchev–Trinajstić information content (AvgIpc) is 1.77. The van der Waals surface area contributed by atoms with Crippen molar-refractivity contribution in [3.63, 3.8) is 0 Å². The van der Waals surface area contributed by atoms with Crippen LogP contribution in [0.3, 0.4) is 0 Å². The zero-order valence-electron chi connectivity index (χ0n) is 7.24. The number of rotatable bonds is 0. The predicted octanol–water partition coefficient (Wildman–Crippen LogP) is -0.278. The minimum Gasteiger partial charge on any atom is -0.741 e. The van der Waals surface area contributed by atoms with Crippen molar-refractivity contribution in [1.29, 1.82) is 0 Å². The van der Waals surface area contributed by atoms with Gasteiger partial charge < -0.3 is 9.11 Å². The zero-order chi connectivity index (χ0) is 14.0. The molecule has 0 radical (unpaired) electrons. The van der Waals surface area contributed by atoms with E-state index >= 15 is 0 Å². The fourth-order valence-corrected chi connectivity index (χ4v) is 0. The molecule has 0 saturated carbocycles. The molecule has 0 N–H and O–H groups in total. The van der Waals surface area contributed by atoms with E-state index in [1.807, 2.05) is 0 Å². The molecule has 0 aromatic rings. The standard InChI is InChI=1S/2CHF3O3S.Ca/c2*2-1(3,4)8(5,6)7;/h2*(H,5,6,7);/q;;+2/p-2. The van der Waals surface area contributed by atoms with E-state index in [-0.39, 0.29) is 37.7 Å². The summed E-state index contributed by atoms with van der Waals surface area (Å²) in [5, 5.41) is 0. The first kappa shape index (κ1) is 22.8. The van der Waals surface area contributed by atoms with E-state index in [2.05, 4.69) is 0 Å². The van der Waals surface area contributed by atoms with Gasteiger partial charge in [0.05, 0.1) is 0 Å². The summed E-state index contributed by atoms with van der Waals surface area (Å²) in [6.45, 7) is 0. The zero-order valence-corrected chi connectivity index (χ0v) is 11.1. The third kappa shape index (κ3) is 10.3. The fraction of sp³-hybridized carbons (Fsp3) is 1.00. The number of hydrogen-bond donors (Lipinski definition) is 0. The molecule has 0 aromatic heterocycles. The van der Waals surface area contributed by atoms with Crippen LogP contribution in [0.5, 0.6) is 0 Å². The average molecular weight is 338 g/mol. The van der Waals surface area contributed by atoms with E-state index in [0.29, 0.717) is 0 Å². The number of hydrogen-bond acceptors (Lipinski definition) is 6. The van der Waals surface area contributed by atoms with Gasteiger partial charge in [-0.15, -0.1) is 0 Å². The first-order valence-electron chi connectivity index (χ1n) is 2.54. The van der Waals surface area contributed by atoms with E-state index < -0.39 is 31.3 Å². The van der Waals surface area contributed by atoms with Gasteiger partial charge in [-0.2, -0.15) is 26.3 Å². The molecule has 0 aliphatic heterocycles. The summed E-state index contributed by atoms with van der Waals surface area (Å²) < 4.78 is 118. The summed E-state index contributed by atoms with van der Waals surface area (Å²) in [7, 11) is -12.2. The van der Waals surface area contributed by atoms with Gasteiger partial charge in [-0.3, -0.25) is 0 Å². The Labute approximate surface area is 120 Å². The second-order valence-electron chi connectivity index (χ2n) is 1.80. The Hall–Kier alpha value is 0.660. The molecule has 0 saturated heterocycles. The van der Waals surface area contributed by atoms with E-state index in [0.717, 1.165) is 0 Å². The van der Waals surface area contributed by atoms with Gasteiger partial charge in [-0.1, -0.05) is 0 Å². The monoisotopic (exact) mass is 338 g/mol. The van der Waals surface area contributed by atoms with Gasteiger partial charge in [0.2, 0.25) is 0 Å². The van der Waals surface area contributed by atoms with Crippen molar-refractivity contribution in [2.45, 2.75) is 11.0 Å².